The Morgan fingerprint density at radius 1 is 1.15 bits per heavy atom. The summed E-state index contributed by atoms with van der Waals surface area (Å²) in [5.74, 6) is 0.565. The van der Waals surface area contributed by atoms with Crippen LogP contribution in [-0.2, 0) is 0 Å². The van der Waals surface area contributed by atoms with Gasteiger partial charge in [-0.2, -0.15) is 5.10 Å². The Morgan fingerprint density at radius 3 is 2.63 bits per heavy atom. The van der Waals surface area contributed by atoms with Crippen molar-refractivity contribution in [3.8, 4) is 11.4 Å². The first-order chi connectivity index (χ1) is 13.2. The van der Waals surface area contributed by atoms with E-state index in [1.807, 2.05) is 12.1 Å². The fraction of sp³-hybridized carbons (Fsp3) is 0.250. The summed E-state index contributed by atoms with van der Waals surface area (Å²) in [6.07, 6.45) is 7.93. The van der Waals surface area contributed by atoms with Gasteiger partial charge in [-0.3, -0.25) is 4.79 Å². The van der Waals surface area contributed by atoms with Crippen molar-refractivity contribution in [1.82, 2.24) is 14.8 Å². The highest BCUT2D eigenvalue weighted by atomic mass is 35.5. The summed E-state index contributed by atoms with van der Waals surface area (Å²) in [4.78, 5) is 16.6. The molecule has 138 valence electrons. The number of amides is 1. The lowest BCUT2D eigenvalue weighted by molar-refractivity contribution is 0.102. The van der Waals surface area contributed by atoms with Crippen molar-refractivity contribution in [2.75, 3.05) is 5.32 Å². The van der Waals surface area contributed by atoms with Crippen LogP contribution in [0.15, 0.2) is 55.1 Å². The van der Waals surface area contributed by atoms with Gasteiger partial charge in [0.15, 0.2) is 0 Å². The van der Waals surface area contributed by atoms with Crippen LogP contribution in [0.3, 0.4) is 0 Å². The summed E-state index contributed by atoms with van der Waals surface area (Å²) < 4.78 is 7.52. The quantitative estimate of drug-likeness (QED) is 0.705. The van der Waals surface area contributed by atoms with E-state index < -0.39 is 0 Å². The average Bonchev–Trinajstić information content (AvgIpc) is 3.36. The summed E-state index contributed by atoms with van der Waals surface area (Å²) in [7, 11) is 0. The molecule has 1 aromatic heterocycles. The predicted molar refractivity (Wildman–Crippen MR) is 104 cm³/mol. The molecular weight excluding hydrogens is 364 g/mol. The molecule has 4 rings (SSSR count). The molecule has 6 nitrogen and oxygen atoms in total. The van der Waals surface area contributed by atoms with Gasteiger partial charge in [-0.05, 0) is 68.1 Å². The molecule has 0 saturated heterocycles. The van der Waals surface area contributed by atoms with Crippen molar-refractivity contribution >= 4 is 23.2 Å². The second kappa shape index (κ2) is 7.80. The van der Waals surface area contributed by atoms with Crippen LogP contribution < -0.4 is 10.1 Å². The van der Waals surface area contributed by atoms with E-state index in [4.69, 9.17) is 16.3 Å². The first-order valence-electron chi connectivity index (χ1n) is 8.92. The van der Waals surface area contributed by atoms with Gasteiger partial charge in [0.2, 0.25) is 0 Å². The summed E-state index contributed by atoms with van der Waals surface area (Å²) in [5, 5.41) is 7.53. The van der Waals surface area contributed by atoms with E-state index in [-0.39, 0.29) is 5.91 Å². The van der Waals surface area contributed by atoms with Crippen LogP contribution >= 0.6 is 11.6 Å². The number of nitrogens with zero attached hydrogens (tertiary/aromatic N) is 3. The lowest BCUT2D eigenvalue weighted by Crippen LogP contribution is -2.14. The number of ether oxygens (including phenoxy) is 1. The molecule has 0 spiro atoms. The van der Waals surface area contributed by atoms with E-state index in [1.165, 1.54) is 19.2 Å². The second-order valence-corrected chi connectivity index (χ2v) is 6.94. The van der Waals surface area contributed by atoms with Gasteiger partial charge in [0.25, 0.3) is 5.91 Å². The van der Waals surface area contributed by atoms with Gasteiger partial charge in [-0.15, -0.1) is 0 Å². The molecule has 1 amide bonds. The molecule has 0 bridgehead atoms. The summed E-state index contributed by atoms with van der Waals surface area (Å²) in [6, 6.07) is 12.4. The first-order valence-corrected chi connectivity index (χ1v) is 9.29. The smallest absolute Gasteiger partial charge is 0.255 e. The van der Waals surface area contributed by atoms with Crippen LogP contribution in [0.2, 0.25) is 5.02 Å². The van der Waals surface area contributed by atoms with Gasteiger partial charge in [0.1, 0.15) is 18.4 Å². The van der Waals surface area contributed by atoms with E-state index in [0.29, 0.717) is 28.1 Å². The number of rotatable bonds is 5. The van der Waals surface area contributed by atoms with Crippen LogP contribution in [0.1, 0.15) is 36.0 Å². The number of nitrogens with one attached hydrogen (secondary N) is 1. The van der Waals surface area contributed by atoms with Crippen molar-refractivity contribution in [3.05, 3.63) is 65.7 Å². The minimum atomic E-state index is -0.231. The van der Waals surface area contributed by atoms with Crippen molar-refractivity contribution < 1.29 is 9.53 Å². The highest BCUT2D eigenvalue weighted by Crippen LogP contribution is 2.26. The normalized spacial score (nSPS) is 14.3. The van der Waals surface area contributed by atoms with Crippen molar-refractivity contribution in [2.24, 2.45) is 0 Å². The highest BCUT2D eigenvalue weighted by molar-refractivity contribution is 6.31. The summed E-state index contributed by atoms with van der Waals surface area (Å²) in [5.41, 5.74) is 1.79. The maximum absolute atomic E-state index is 12.7. The van der Waals surface area contributed by atoms with Gasteiger partial charge in [0, 0.05) is 10.6 Å². The van der Waals surface area contributed by atoms with Crippen LogP contribution in [-0.4, -0.2) is 26.8 Å². The summed E-state index contributed by atoms with van der Waals surface area (Å²) in [6.45, 7) is 0. The molecule has 0 radical (unpaired) electrons. The Bertz CT molecular complexity index is 920. The Morgan fingerprint density at radius 2 is 1.93 bits per heavy atom. The first kappa shape index (κ1) is 17.5. The van der Waals surface area contributed by atoms with Crippen molar-refractivity contribution in [1.29, 1.82) is 0 Å². The third-order valence-electron chi connectivity index (χ3n) is 4.59. The topological polar surface area (TPSA) is 69.0 Å². The molecule has 27 heavy (non-hydrogen) atoms. The number of anilines is 1. The van der Waals surface area contributed by atoms with E-state index in [9.17, 15) is 4.79 Å². The molecule has 1 aliphatic rings. The van der Waals surface area contributed by atoms with Crippen molar-refractivity contribution in [2.45, 2.75) is 31.8 Å². The van der Waals surface area contributed by atoms with Crippen LogP contribution in [0.25, 0.3) is 5.69 Å². The number of hydrogen-bond acceptors (Lipinski definition) is 4. The molecule has 1 aliphatic carbocycles. The minimum absolute atomic E-state index is 0.231. The molecule has 1 heterocycles. The summed E-state index contributed by atoms with van der Waals surface area (Å²) >= 11 is 6.10. The van der Waals surface area contributed by atoms with Gasteiger partial charge in [0.05, 0.1) is 17.5 Å². The number of carbonyl (C=O) groups excluding carboxylic acids is 1. The fourth-order valence-electron chi connectivity index (χ4n) is 3.22. The number of halogens is 1. The molecule has 0 atom stereocenters. The Balaban J connectivity index is 1.50. The maximum Gasteiger partial charge on any atom is 0.255 e. The molecule has 1 saturated carbocycles. The highest BCUT2D eigenvalue weighted by Gasteiger charge is 2.17. The monoisotopic (exact) mass is 382 g/mol. The Hall–Kier alpha value is -2.86. The maximum atomic E-state index is 12.7. The lowest BCUT2D eigenvalue weighted by Gasteiger charge is -2.14. The molecule has 7 heteroatoms. The zero-order valence-corrected chi connectivity index (χ0v) is 15.4. The number of aromatic nitrogens is 3. The van der Waals surface area contributed by atoms with Gasteiger partial charge in [-0.1, -0.05) is 11.6 Å². The number of carbonyl (C=O) groups is 1. The van der Waals surface area contributed by atoms with Crippen LogP contribution in [0, 0.1) is 0 Å². The van der Waals surface area contributed by atoms with E-state index in [0.717, 1.165) is 18.6 Å². The average molecular weight is 383 g/mol. The third kappa shape index (κ3) is 4.11. The number of benzene rings is 2. The zero-order valence-electron chi connectivity index (χ0n) is 14.6. The molecule has 0 aliphatic heterocycles. The van der Waals surface area contributed by atoms with E-state index in [2.05, 4.69) is 15.4 Å². The SMILES string of the molecule is O=C(Nc1cc(Cl)ccc1-n1cncn1)c1ccc(OC2CCCC2)cc1. The van der Waals surface area contributed by atoms with Gasteiger partial charge in [-0.25, -0.2) is 9.67 Å². The molecular formula is C20H19ClN4O2. The van der Waals surface area contributed by atoms with Crippen molar-refractivity contribution in [3.63, 3.8) is 0 Å². The largest absolute Gasteiger partial charge is 0.490 e. The van der Waals surface area contributed by atoms with Gasteiger partial charge >= 0.3 is 0 Å². The molecule has 1 N–H and O–H groups in total. The third-order valence-corrected chi connectivity index (χ3v) is 4.83. The second-order valence-electron chi connectivity index (χ2n) is 6.50. The van der Waals surface area contributed by atoms with E-state index in [1.54, 1.807) is 41.3 Å². The number of hydrogen-bond donors (Lipinski definition) is 1. The molecule has 1 fully saturated rings. The molecule has 3 aromatic rings. The zero-order chi connectivity index (χ0) is 18.6. The Kier molecular flexibility index (Phi) is 5.07. The lowest BCUT2D eigenvalue weighted by atomic mass is 10.2. The standard InChI is InChI=1S/C20H19ClN4O2/c21-15-7-10-19(25-13-22-12-23-25)18(11-15)24-20(26)14-5-8-17(9-6-14)27-16-3-1-2-4-16/h5-13,16H,1-4H2,(H,24,26). The van der Waals surface area contributed by atoms with Gasteiger partial charge < -0.3 is 10.1 Å². The fourth-order valence-corrected chi connectivity index (χ4v) is 3.39. The molecule has 0 unspecified atom stereocenters. The Labute approximate surface area is 162 Å². The predicted octanol–water partition coefficient (Wildman–Crippen LogP) is 4.49. The molecule has 2 aromatic carbocycles. The van der Waals surface area contributed by atoms with E-state index >= 15 is 0 Å². The van der Waals surface area contributed by atoms with Crippen LogP contribution in [0.5, 0.6) is 5.75 Å². The van der Waals surface area contributed by atoms with Crippen LogP contribution in [0.4, 0.5) is 5.69 Å². The minimum Gasteiger partial charge on any atom is -0.490 e.